The minimum Gasteiger partial charge on any atom is -0.382 e. The van der Waals surface area contributed by atoms with Crippen LogP contribution in [0, 0.1) is 11.8 Å². The van der Waals surface area contributed by atoms with Gasteiger partial charge in [-0.05, 0) is 38.8 Å². The van der Waals surface area contributed by atoms with Crippen molar-refractivity contribution in [2.24, 2.45) is 16.8 Å². The van der Waals surface area contributed by atoms with Crippen molar-refractivity contribution in [3.05, 3.63) is 0 Å². The molecular weight excluding hydrogens is 304 g/mol. The monoisotopic (exact) mass is 340 g/mol. The van der Waals surface area contributed by atoms with E-state index < -0.39 is 0 Å². The van der Waals surface area contributed by atoms with Crippen LogP contribution >= 0.6 is 0 Å². The number of nitrogens with one attached hydrogen (secondary N) is 1. The first-order chi connectivity index (χ1) is 11.8. The van der Waals surface area contributed by atoms with Crippen molar-refractivity contribution >= 4 is 5.96 Å². The molecule has 0 aromatic heterocycles. The summed E-state index contributed by atoms with van der Waals surface area (Å²) in [6.07, 6.45) is 2.47. The Morgan fingerprint density at radius 1 is 1.12 bits per heavy atom. The average Bonchev–Trinajstić information content (AvgIpc) is 3.25. The maximum Gasteiger partial charge on any atom is 0.193 e. The van der Waals surface area contributed by atoms with E-state index in [1.165, 1.54) is 25.9 Å². The molecule has 140 valence electrons. The molecule has 2 fully saturated rings. The molecule has 0 aromatic rings. The summed E-state index contributed by atoms with van der Waals surface area (Å²) in [4.78, 5) is 9.86. The first kappa shape index (κ1) is 19.5. The Hall–Kier alpha value is -0.850. The number of nitrogens with zero attached hydrogens (tertiary/aromatic N) is 3. The minimum absolute atomic E-state index is 0.604. The second-order valence-corrected chi connectivity index (χ2v) is 6.91. The van der Waals surface area contributed by atoms with Crippen LogP contribution in [0.5, 0.6) is 0 Å². The summed E-state index contributed by atoms with van der Waals surface area (Å²) in [5.74, 6) is 2.41. The van der Waals surface area contributed by atoms with Crippen molar-refractivity contribution in [3.63, 3.8) is 0 Å². The number of rotatable bonds is 9. The van der Waals surface area contributed by atoms with Gasteiger partial charge in [0.15, 0.2) is 5.96 Å². The zero-order chi connectivity index (χ0) is 17.2. The van der Waals surface area contributed by atoms with E-state index in [1.54, 1.807) is 7.11 Å². The molecule has 0 radical (unpaired) electrons. The molecule has 6 heteroatoms. The highest BCUT2D eigenvalue weighted by Crippen LogP contribution is 2.18. The van der Waals surface area contributed by atoms with Gasteiger partial charge in [-0.25, -0.2) is 0 Å². The van der Waals surface area contributed by atoms with E-state index >= 15 is 0 Å². The lowest BCUT2D eigenvalue weighted by atomic mass is 10.1. The van der Waals surface area contributed by atoms with Gasteiger partial charge in [0.05, 0.1) is 19.8 Å². The second kappa shape index (κ2) is 10.9. The summed E-state index contributed by atoms with van der Waals surface area (Å²) >= 11 is 0. The number of likely N-dealkylation sites (tertiary alicyclic amines) is 2. The lowest BCUT2D eigenvalue weighted by Gasteiger charge is -2.22. The van der Waals surface area contributed by atoms with Crippen molar-refractivity contribution in [1.82, 2.24) is 15.1 Å². The zero-order valence-electron chi connectivity index (χ0n) is 15.8. The van der Waals surface area contributed by atoms with Crippen LogP contribution in [0.4, 0.5) is 0 Å². The molecule has 2 aliphatic heterocycles. The minimum atomic E-state index is 0.604. The van der Waals surface area contributed by atoms with Gasteiger partial charge in [0.25, 0.3) is 0 Å². The van der Waals surface area contributed by atoms with Gasteiger partial charge in [0.2, 0.25) is 0 Å². The van der Waals surface area contributed by atoms with Gasteiger partial charge in [0, 0.05) is 45.8 Å². The molecule has 2 atom stereocenters. The molecule has 0 aliphatic carbocycles. The predicted octanol–water partition coefficient (Wildman–Crippen LogP) is 1.28. The smallest absolute Gasteiger partial charge is 0.193 e. The van der Waals surface area contributed by atoms with Gasteiger partial charge in [-0.1, -0.05) is 6.92 Å². The number of hydrogen-bond acceptors (Lipinski definition) is 4. The fourth-order valence-corrected chi connectivity index (χ4v) is 3.54. The summed E-state index contributed by atoms with van der Waals surface area (Å²) in [6, 6.07) is 0. The third kappa shape index (κ3) is 6.22. The molecule has 6 nitrogen and oxygen atoms in total. The molecule has 0 bridgehead atoms. The first-order valence-corrected chi connectivity index (χ1v) is 9.59. The van der Waals surface area contributed by atoms with Crippen molar-refractivity contribution in [1.29, 1.82) is 0 Å². The molecule has 0 spiro atoms. The Bertz CT molecular complexity index is 378. The summed E-state index contributed by atoms with van der Waals surface area (Å²) < 4.78 is 10.7. The Labute approximate surface area is 147 Å². The Balaban J connectivity index is 1.76. The van der Waals surface area contributed by atoms with E-state index in [2.05, 4.69) is 29.0 Å². The van der Waals surface area contributed by atoms with Crippen molar-refractivity contribution in [3.8, 4) is 0 Å². The van der Waals surface area contributed by atoms with Gasteiger partial charge in [0.1, 0.15) is 0 Å². The predicted molar refractivity (Wildman–Crippen MR) is 98.6 cm³/mol. The number of methoxy groups -OCH3 is 1. The lowest BCUT2D eigenvalue weighted by Crippen LogP contribution is -2.40. The quantitative estimate of drug-likeness (QED) is 0.389. The topological polar surface area (TPSA) is 49.3 Å². The van der Waals surface area contributed by atoms with Crippen LogP contribution in [0.2, 0.25) is 0 Å². The highest BCUT2D eigenvalue weighted by Gasteiger charge is 2.26. The number of hydrogen-bond donors (Lipinski definition) is 1. The SMILES string of the molecule is CCNC(=NCC1CCN(CC)C1)N1CCC(COCCOC)C1. The highest BCUT2D eigenvalue weighted by atomic mass is 16.5. The van der Waals surface area contributed by atoms with Crippen LogP contribution in [0.1, 0.15) is 26.7 Å². The molecule has 2 unspecified atom stereocenters. The third-order valence-corrected chi connectivity index (χ3v) is 5.02. The van der Waals surface area contributed by atoms with Crippen LogP contribution in [-0.2, 0) is 9.47 Å². The first-order valence-electron chi connectivity index (χ1n) is 9.59. The summed E-state index contributed by atoms with van der Waals surface area (Å²) in [6.45, 7) is 14.2. The molecule has 24 heavy (non-hydrogen) atoms. The Morgan fingerprint density at radius 2 is 1.96 bits per heavy atom. The van der Waals surface area contributed by atoms with Gasteiger partial charge in [-0.3, -0.25) is 4.99 Å². The molecule has 2 aliphatic rings. The van der Waals surface area contributed by atoms with Crippen molar-refractivity contribution < 1.29 is 9.47 Å². The van der Waals surface area contributed by atoms with Gasteiger partial charge in [-0.15, -0.1) is 0 Å². The Kier molecular flexibility index (Phi) is 8.84. The van der Waals surface area contributed by atoms with Crippen molar-refractivity contribution in [2.75, 3.05) is 72.7 Å². The molecule has 2 heterocycles. The fourth-order valence-electron chi connectivity index (χ4n) is 3.54. The highest BCUT2D eigenvalue weighted by molar-refractivity contribution is 5.80. The maximum absolute atomic E-state index is 5.69. The van der Waals surface area contributed by atoms with Gasteiger partial charge in [-0.2, -0.15) is 0 Å². The van der Waals surface area contributed by atoms with E-state index in [0.29, 0.717) is 19.1 Å². The molecule has 0 amide bonds. The second-order valence-electron chi connectivity index (χ2n) is 6.91. The number of ether oxygens (including phenoxy) is 2. The normalized spacial score (nSPS) is 25.6. The standard InChI is InChI=1S/C18H36N4O2/c1-4-19-18(20-12-16-6-8-21(5-2)13-16)22-9-7-17(14-22)15-24-11-10-23-3/h16-17H,4-15H2,1-3H3,(H,19,20). The van der Waals surface area contributed by atoms with Crippen LogP contribution in [0.25, 0.3) is 0 Å². The van der Waals surface area contributed by atoms with Gasteiger partial charge < -0.3 is 24.6 Å². The molecule has 0 saturated carbocycles. The zero-order valence-corrected chi connectivity index (χ0v) is 15.8. The third-order valence-electron chi connectivity index (χ3n) is 5.02. The molecular formula is C18H36N4O2. The summed E-state index contributed by atoms with van der Waals surface area (Å²) in [5.41, 5.74) is 0. The van der Waals surface area contributed by atoms with E-state index in [4.69, 9.17) is 14.5 Å². The average molecular weight is 341 g/mol. The number of guanidine groups is 1. The van der Waals surface area contributed by atoms with E-state index in [-0.39, 0.29) is 0 Å². The van der Waals surface area contributed by atoms with Crippen LogP contribution < -0.4 is 5.32 Å². The molecule has 2 rings (SSSR count). The Morgan fingerprint density at radius 3 is 2.67 bits per heavy atom. The summed E-state index contributed by atoms with van der Waals surface area (Å²) in [7, 11) is 1.71. The van der Waals surface area contributed by atoms with Gasteiger partial charge >= 0.3 is 0 Å². The van der Waals surface area contributed by atoms with E-state index in [9.17, 15) is 0 Å². The van der Waals surface area contributed by atoms with E-state index in [0.717, 1.165) is 51.2 Å². The largest absolute Gasteiger partial charge is 0.382 e. The van der Waals surface area contributed by atoms with Crippen LogP contribution in [0.15, 0.2) is 4.99 Å². The summed E-state index contributed by atoms with van der Waals surface area (Å²) in [5, 5.41) is 3.47. The maximum atomic E-state index is 5.69. The van der Waals surface area contributed by atoms with Crippen molar-refractivity contribution in [2.45, 2.75) is 26.7 Å². The molecule has 0 aromatic carbocycles. The van der Waals surface area contributed by atoms with Crippen LogP contribution in [-0.4, -0.2) is 88.5 Å². The van der Waals surface area contributed by atoms with Crippen LogP contribution in [0.3, 0.4) is 0 Å². The van der Waals surface area contributed by atoms with E-state index in [1.807, 2.05) is 0 Å². The fraction of sp³-hybridized carbons (Fsp3) is 0.944. The molecule has 2 saturated heterocycles. The lowest BCUT2D eigenvalue weighted by molar-refractivity contribution is 0.0536. The molecule has 1 N–H and O–H groups in total. The number of aliphatic imine (C=N–C) groups is 1.